The highest BCUT2D eigenvalue weighted by Crippen LogP contribution is 2.46. The molecule has 2 unspecified atom stereocenters. The van der Waals surface area contributed by atoms with E-state index >= 15 is 0 Å². The van der Waals surface area contributed by atoms with E-state index in [0.717, 1.165) is 24.8 Å². The smallest absolute Gasteiger partial charge is 0.407 e. The molecule has 1 aliphatic heterocycles. The van der Waals surface area contributed by atoms with Crippen LogP contribution in [0.3, 0.4) is 0 Å². The topological polar surface area (TPSA) is 72.9 Å². The van der Waals surface area contributed by atoms with Gasteiger partial charge in [0.15, 0.2) is 0 Å². The Labute approximate surface area is 179 Å². The lowest BCUT2D eigenvalue weighted by molar-refractivity contribution is -0.148. The van der Waals surface area contributed by atoms with Crippen LogP contribution in [-0.4, -0.2) is 71.3 Å². The normalized spacial score (nSPS) is 24.6. The standard InChI is InChI=1S/C22H28F3N3O3/c23-22(24,25)13-27-8-6-17(7-9-27)26-20(29)16-3-1-2-15(10-16)18-11-19(18)28(21(30)31)12-14-4-5-14/h1-3,10,14,17-19H,4-9,11-13H2,(H,26,29)(H,30,31). The maximum absolute atomic E-state index is 12.7. The molecule has 1 saturated heterocycles. The Kier molecular flexibility index (Phi) is 6.14. The fourth-order valence-electron chi connectivity index (χ4n) is 4.49. The Morgan fingerprint density at radius 1 is 1.16 bits per heavy atom. The molecule has 6 nitrogen and oxygen atoms in total. The maximum Gasteiger partial charge on any atom is 0.407 e. The molecule has 3 fully saturated rings. The first-order valence-electron chi connectivity index (χ1n) is 10.9. The number of hydrogen-bond acceptors (Lipinski definition) is 3. The van der Waals surface area contributed by atoms with E-state index in [9.17, 15) is 27.9 Å². The number of hydrogen-bond donors (Lipinski definition) is 2. The summed E-state index contributed by atoms with van der Waals surface area (Å²) in [5.41, 5.74) is 1.46. The summed E-state index contributed by atoms with van der Waals surface area (Å²) in [7, 11) is 0. The molecule has 0 bridgehead atoms. The molecule has 2 N–H and O–H groups in total. The van der Waals surface area contributed by atoms with Crippen LogP contribution in [0.25, 0.3) is 0 Å². The number of nitrogens with one attached hydrogen (secondary N) is 1. The molecule has 0 aromatic heterocycles. The van der Waals surface area contributed by atoms with Crippen molar-refractivity contribution in [3.05, 3.63) is 35.4 Å². The van der Waals surface area contributed by atoms with Crippen LogP contribution < -0.4 is 5.32 Å². The number of carboxylic acid groups (broad SMARTS) is 1. The van der Waals surface area contributed by atoms with Gasteiger partial charge in [0.25, 0.3) is 5.91 Å². The molecule has 0 radical (unpaired) electrons. The van der Waals surface area contributed by atoms with Gasteiger partial charge in [0.05, 0.1) is 6.54 Å². The van der Waals surface area contributed by atoms with Crippen molar-refractivity contribution in [1.82, 2.24) is 15.1 Å². The minimum atomic E-state index is -4.20. The molecular weight excluding hydrogens is 411 g/mol. The quantitative estimate of drug-likeness (QED) is 0.680. The fourth-order valence-corrected chi connectivity index (χ4v) is 4.49. The second-order valence-electron chi connectivity index (χ2n) is 9.05. The van der Waals surface area contributed by atoms with Gasteiger partial charge in [-0.15, -0.1) is 0 Å². The fraction of sp³-hybridized carbons (Fsp3) is 0.636. The number of likely N-dealkylation sites (tertiary alicyclic amines) is 1. The molecule has 9 heteroatoms. The molecule has 1 heterocycles. The molecule has 1 aromatic carbocycles. The molecule has 2 aliphatic carbocycles. The molecule has 2 amide bonds. The Hall–Kier alpha value is -2.29. The second-order valence-corrected chi connectivity index (χ2v) is 9.05. The predicted molar refractivity (Wildman–Crippen MR) is 108 cm³/mol. The molecule has 2 atom stereocenters. The molecule has 31 heavy (non-hydrogen) atoms. The van der Waals surface area contributed by atoms with E-state index in [2.05, 4.69) is 5.32 Å². The van der Waals surface area contributed by atoms with Crippen LogP contribution in [0.15, 0.2) is 24.3 Å². The third kappa shape index (κ3) is 5.90. The molecule has 170 valence electrons. The average molecular weight is 439 g/mol. The molecular formula is C22H28F3N3O3. The van der Waals surface area contributed by atoms with Crippen LogP contribution >= 0.6 is 0 Å². The van der Waals surface area contributed by atoms with Crippen LogP contribution in [-0.2, 0) is 0 Å². The Bertz CT molecular complexity index is 820. The van der Waals surface area contributed by atoms with Crippen LogP contribution in [0.5, 0.6) is 0 Å². The average Bonchev–Trinajstić information content (AvgIpc) is 3.61. The first-order valence-corrected chi connectivity index (χ1v) is 10.9. The number of piperidine rings is 1. The minimum Gasteiger partial charge on any atom is -0.465 e. The Morgan fingerprint density at radius 3 is 2.48 bits per heavy atom. The summed E-state index contributed by atoms with van der Waals surface area (Å²) >= 11 is 0. The zero-order chi connectivity index (χ0) is 22.2. The summed E-state index contributed by atoms with van der Waals surface area (Å²) in [5, 5.41) is 12.5. The van der Waals surface area contributed by atoms with Crippen molar-refractivity contribution < 1.29 is 27.9 Å². The summed E-state index contributed by atoms with van der Waals surface area (Å²) in [4.78, 5) is 27.2. The van der Waals surface area contributed by atoms with Crippen molar-refractivity contribution in [3.8, 4) is 0 Å². The van der Waals surface area contributed by atoms with E-state index in [1.807, 2.05) is 12.1 Å². The number of benzene rings is 1. The van der Waals surface area contributed by atoms with Gasteiger partial charge >= 0.3 is 12.3 Å². The molecule has 4 rings (SSSR count). The van der Waals surface area contributed by atoms with Crippen LogP contribution in [0.2, 0.25) is 0 Å². The summed E-state index contributed by atoms with van der Waals surface area (Å²) in [6, 6.07) is 7.08. The van der Waals surface area contributed by atoms with Crippen LogP contribution in [0.4, 0.5) is 18.0 Å². The van der Waals surface area contributed by atoms with Gasteiger partial charge in [0, 0.05) is 43.2 Å². The van der Waals surface area contributed by atoms with Gasteiger partial charge in [0.1, 0.15) is 0 Å². The summed E-state index contributed by atoms with van der Waals surface area (Å²) in [6.45, 7) is 0.288. The van der Waals surface area contributed by atoms with Gasteiger partial charge in [-0.1, -0.05) is 12.1 Å². The zero-order valence-electron chi connectivity index (χ0n) is 17.3. The highest BCUT2D eigenvalue weighted by molar-refractivity contribution is 5.94. The molecule has 1 aromatic rings. The van der Waals surface area contributed by atoms with Gasteiger partial charge in [-0.3, -0.25) is 9.69 Å². The lowest BCUT2D eigenvalue weighted by Gasteiger charge is -2.32. The number of halogens is 3. The summed E-state index contributed by atoms with van der Waals surface area (Å²) < 4.78 is 37.5. The SMILES string of the molecule is O=C(NC1CCN(CC(F)(F)F)CC1)c1cccc(C2CC2N(CC2CC2)C(=O)O)c1. The number of carbonyl (C=O) groups excluding carboxylic acids is 1. The number of alkyl halides is 3. The third-order valence-corrected chi connectivity index (χ3v) is 6.46. The van der Waals surface area contributed by atoms with Crippen LogP contribution in [0, 0.1) is 5.92 Å². The molecule has 3 aliphatic rings. The Morgan fingerprint density at radius 2 is 1.87 bits per heavy atom. The first kappa shape index (κ1) is 21.9. The Balaban J connectivity index is 1.30. The molecule has 0 spiro atoms. The first-order chi connectivity index (χ1) is 14.7. The van der Waals surface area contributed by atoms with Crippen LogP contribution in [0.1, 0.15) is 53.9 Å². The van der Waals surface area contributed by atoms with Gasteiger partial charge in [-0.2, -0.15) is 13.2 Å². The largest absolute Gasteiger partial charge is 0.465 e. The second kappa shape index (κ2) is 8.68. The summed E-state index contributed by atoms with van der Waals surface area (Å²) in [5.74, 6) is 0.353. The van der Waals surface area contributed by atoms with Crippen molar-refractivity contribution >= 4 is 12.0 Å². The van der Waals surface area contributed by atoms with E-state index in [4.69, 9.17) is 0 Å². The minimum absolute atomic E-state index is 0.0330. The van der Waals surface area contributed by atoms with Crippen molar-refractivity contribution in [3.63, 3.8) is 0 Å². The van der Waals surface area contributed by atoms with Crippen molar-refractivity contribution in [1.29, 1.82) is 0 Å². The van der Waals surface area contributed by atoms with Gasteiger partial charge in [-0.25, -0.2) is 4.79 Å². The summed E-state index contributed by atoms with van der Waals surface area (Å²) in [6.07, 6.45) is -1.17. The highest BCUT2D eigenvalue weighted by atomic mass is 19.4. The van der Waals surface area contributed by atoms with Crippen molar-refractivity contribution in [2.24, 2.45) is 5.92 Å². The number of nitrogens with zero attached hydrogens (tertiary/aromatic N) is 2. The van der Waals surface area contributed by atoms with Gasteiger partial charge in [0.2, 0.25) is 0 Å². The van der Waals surface area contributed by atoms with E-state index in [1.165, 1.54) is 4.90 Å². The van der Waals surface area contributed by atoms with Crippen molar-refractivity contribution in [2.75, 3.05) is 26.2 Å². The lowest BCUT2D eigenvalue weighted by atomic mass is 10.0. The van der Waals surface area contributed by atoms with E-state index < -0.39 is 18.8 Å². The maximum atomic E-state index is 12.7. The molecule has 2 saturated carbocycles. The zero-order valence-corrected chi connectivity index (χ0v) is 17.3. The van der Waals surface area contributed by atoms with E-state index in [0.29, 0.717) is 44.0 Å². The van der Waals surface area contributed by atoms with Gasteiger partial charge < -0.3 is 15.3 Å². The van der Waals surface area contributed by atoms with E-state index in [-0.39, 0.29) is 23.9 Å². The number of rotatable bonds is 7. The monoisotopic (exact) mass is 439 g/mol. The van der Waals surface area contributed by atoms with E-state index in [1.54, 1.807) is 17.0 Å². The third-order valence-electron chi connectivity index (χ3n) is 6.46. The lowest BCUT2D eigenvalue weighted by Crippen LogP contribution is -2.47. The predicted octanol–water partition coefficient (Wildman–Crippen LogP) is 3.69. The number of carbonyl (C=O) groups is 2. The van der Waals surface area contributed by atoms with Crippen molar-refractivity contribution in [2.45, 2.75) is 56.3 Å². The number of amides is 2. The van der Waals surface area contributed by atoms with Gasteiger partial charge in [-0.05, 0) is 55.7 Å². The highest BCUT2D eigenvalue weighted by Gasteiger charge is 2.46.